The van der Waals surface area contributed by atoms with Gasteiger partial charge in [0.2, 0.25) is 20.0 Å². The summed E-state index contributed by atoms with van der Waals surface area (Å²) < 4.78 is 57.1. The average molecular weight is 917 g/mol. The maximum atomic E-state index is 12.4. The standard InChI is InChI=1S/C22H34ClN3O4S.C17H26ClN3O2S.2ClH/c1-22(2,3)30-21(27)24-11-9-19(10-12-24)26-14-13-25(31(4,28)29)16-20(26)15-17-5-7-18(23)8-6-17;1-24(22,23)20-10-11-21(16-6-8-19-9-7-16)17(13-20)12-14-2-4-15(18)5-3-14;;/h5-8,19-20H,9-16H2,1-4H3;2-5,16-17,19H,6-13H2,1H3;2*1H/t20-;17-;;/m00../s1. The van der Waals surface area contributed by atoms with Crippen LogP contribution in [0.15, 0.2) is 48.5 Å². The Morgan fingerprint density at radius 3 is 1.42 bits per heavy atom. The van der Waals surface area contributed by atoms with E-state index in [0.717, 1.165) is 68.7 Å². The summed E-state index contributed by atoms with van der Waals surface area (Å²) in [5.74, 6) is 0. The molecule has 4 saturated heterocycles. The van der Waals surface area contributed by atoms with E-state index in [-0.39, 0.29) is 43.0 Å². The second kappa shape index (κ2) is 21.9. The molecule has 1 amide bonds. The van der Waals surface area contributed by atoms with Crippen LogP contribution in [0.5, 0.6) is 0 Å². The molecule has 0 radical (unpaired) electrons. The number of rotatable bonds is 8. The van der Waals surface area contributed by atoms with Crippen LogP contribution in [0.2, 0.25) is 10.0 Å². The first kappa shape index (κ1) is 49.9. The fourth-order valence-corrected chi connectivity index (χ4v) is 10.2. The number of hydrogen-bond donors (Lipinski definition) is 1. The zero-order valence-electron chi connectivity index (χ0n) is 33.8. The lowest BCUT2D eigenvalue weighted by Crippen LogP contribution is -2.60. The maximum absolute atomic E-state index is 12.4. The topological polar surface area (TPSA) is 123 Å². The van der Waals surface area contributed by atoms with Gasteiger partial charge in [-0.15, -0.1) is 24.8 Å². The van der Waals surface area contributed by atoms with E-state index in [1.54, 1.807) is 13.5 Å². The lowest BCUT2D eigenvalue weighted by molar-refractivity contribution is 0.00447. The van der Waals surface area contributed by atoms with Crippen molar-refractivity contribution in [3.05, 3.63) is 69.7 Å². The van der Waals surface area contributed by atoms with Gasteiger partial charge in [-0.05, 0) is 108 Å². The zero-order valence-corrected chi connectivity index (χ0v) is 38.6. The molecule has 0 spiro atoms. The monoisotopic (exact) mass is 914 g/mol. The van der Waals surface area contributed by atoms with Crippen LogP contribution in [-0.2, 0) is 37.6 Å². The number of nitrogens with zero attached hydrogens (tertiary/aromatic N) is 5. The number of benzene rings is 2. The van der Waals surface area contributed by atoms with Gasteiger partial charge in [0.25, 0.3) is 0 Å². The Hall–Kier alpha value is -1.43. The van der Waals surface area contributed by atoms with E-state index < -0.39 is 25.6 Å². The number of piperazine rings is 2. The number of amides is 1. The van der Waals surface area contributed by atoms with Gasteiger partial charge in [0.1, 0.15) is 5.60 Å². The van der Waals surface area contributed by atoms with Crippen molar-refractivity contribution in [3.63, 3.8) is 0 Å². The Labute approximate surface area is 363 Å². The summed E-state index contributed by atoms with van der Waals surface area (Å²) in [5, 5.41) is 4.83. The van der Waals surface area contributed by atoms with Crippen LogP contribution in [0.3, 0.4) is 0 Å². The van der Waals surface area contributed by atoms with Crippen LogP contribution in [0.1, 0.15) is 57.6 Å². The molecule has 0 aliphatic carbocycles. The number of halogens is 4. The Bertz CT molecular complexity index is 1770. The molecule has 0 unspecified atom stereocenters. The first-order valence-electron chi connectivity index (χ1n) is 19.4. The highest BCUT2D eigenvalue weighted by atomic mass is 35.5. The molecule has 2 atom stereocenters. The van der Waals surface area contributed by atoms with Crippen LogP contribution in [0.25, 0.3) is 0 Å². The number of carbonyl (C=O) groups excluding carboxylic acids is 1. The molecule has 4 fully saturated rings. The minimum atomic E-state index is -3.23. The predicted octanol–water partition coefficient (Wildman–Crippen LogP) is 5.65. The molecule has 2 aromatic rings. The van der Waals surface area contributed by atoms with Crippen molar-refractivity contribution in [3.8, 4) is 0 Å². The van der Waals surface area contributed by atoms with Gasteiger partial charge in [-0.2, -0.15) is 8.61 Å². The fraction of sp³-hybridized carbons (Fsp3) is 0.667. The molecule has 0 saturated carbocycles. The Balaban J connectivity index is 0.000000303. The molecule has 2 aromatic carbocycles. The van der Waals surface area contributed by atoms with Crippen LogP contribution in [0.4, 0.5) is 4.79 Å². The number of sulfonamides is 2. The molecular formula is C39H62Cl4N6O6S2. The van der Waals surface area contributed by atoms with E-state index in [2.05, 4.69) is 15.1 Å². The Kier molecular flexibility index (Phi) is 19.2. The van der Waals surface area contributed by atoms with Gasteiger partial charge in [-0.3, -0.25) is 9.80 Å². The zero-order chi connectivity index (χ0) is 40.0. The molecule has 4 aliphatic rings. The highest BCUT2D eigenvalue weighted by molar-refractivity contribution is 7.88. The molecule has 18 heteroatoms. The normalized spacial score (nSPS) is 22.8. The van der Waals surface area contributed by atoms with Crippen molar-refractivity contribution in [1.82, 2.24) is 28.6 Å². The smallest absolute Gasteiger partial charge is 0.410 e. The third-order valence-electron chi connectivity index (χ3n) is 11.1. The van der Waals surface area contributed by atoms with Crippen molar-refractivity contribution in [2.45, 2.75) is 89.1 Å². The lowest BCUT2D eigenvalue weighted by Gasteiger charge is -2.47. The van der Waals surface area contributed by atoms with E-state index in [4.69, 9.17) is 27.9 Å². The van der Waals surface area contributed by atoms with Gasteiger partial charge >= 0.3 is 6.09 Å². The fourth-order valence-electron chi connectivity index (χ4n) is 8.24. The quantitative estimate of drug-likeness (QED) is 0.358. The summed E-state index contributed by atoms with van der Waals surface area (Å²) in [4.78, 5) is 19.2. The Morgan fingerprint density at radius 2 is 1.05 bits per heavy atom. The van der Waals surface area contributed by atoms with Crippen LogP contribution < -0.4 is 5.32 Å². The van der Waals surface area contributed by atoms with Gasteiger partial charge < -0.3 is 15.0 Å². The molecule has 57 heavy (non-hydrogen) atoms. The second-order valence-electron chi connectivity index (χ2n) is 16.4. The number of ether oxygens (including phenoxy) is 1. The summed E-state index contributed by atoms with van der Waals surface area (Å²) in [6.45, 7) is 12.7. The van der Waals surface area contributed by atoms with E-state index in [1.165, 1.54) is 18.1 Å². The maximum Gasteiger partial charge on any atom is 0.410 e. The van der Waals surface area contributed by atoms with Crippen molar-refractivity contribution in [1.29, 1.82) is 0 Å². The van der Waals surface area contributed by atoms with Crippen LogP contribution >= 0.6 is 48.0 Å². The molecule has 12 nitrogen and oxygen atoms in total. The molecule has 0 aromatic heterocycles. The number of nitrogens with one attached hydrogen (secondary N) is 1. The third-order valence-corrected chi connectivity index (χ3v) is 14.1. The Morgan fingerprint density at radius 1 is 0.667 bits per heavy atom. The highest BCUT2D eigenvalue weighted by Gasteiger charge is 2.38. The van der Waals surface area contributed by atoms with Gasteiger partial charge in [-0.1, -0.05) is 47.5 Å². The number of carbonyl (C=O) groups is 1. The summed E-state index contributed by atoms with van der Waals surface area (Å²) in [7, 11) is -6.37. The minimum absolute atomic E-state index is 0. The average Bonchev–Trinajstić information content (AvgIpc) is 3.13. The third kappa shape index (κ3) is 15.2. The van der Waals surface area contributed by atoms with E-state index in [9.17, 15) is 21.6 Å². The van der Waals surface area contributed by atoms with Crippen LogP contribution in [0, 0.1) is 0 Å². The molecule has 4 heterocycles. The number of piperidine rings is 2. The molecule has 6 rings (SSSR count). The predicted molar refractivity (Wildman–Crippen MR) is 235 cm³/mol. The van der Waals surface area contributed by atoms with Gasteiger partial charge in [-0.25, -0.2) is 21.6 Å². The first-order valence-corrected chi connectivity index (χ1v) is 23.9. The summed E-state index contributed by atoms with van der Waals surface area (Å²) in [6.07, 6.45) is 7.93. The van der Waals surface area contributed by atoms with E-state index >= 15 is 0 Å². The van der Waals surface area contributed by atoms with Crippen molar-refractivity contribution < 1.29 is 26.4 Å². The molecule has 1 N–H and O–H groups in total. The van der Waals surface area contributed by atoms with Gasteiger partial charge in [0.15, 0.2) is 0 Å². The summed E-state index contributed by atoms with van der Waals surface area (Å²) in [6, 6.07) is 16.8. The SMILES string of the molecule is CC(C)(C)OC(=O)N1CCC(N2CCN(S(C)(=O)=O)C[C@@H]2Cc2ccc(Cl)cc2)CC1.CS(=O)(=O)N1CCN(C2CCNCC2)[C@@H](Cc2ccc(Cl)cc2)C1.Cl.Cl. The molecule has 4 aliphatic heterocycles. The van der Waals surface area contributed by atoms with Crippen molar-refractivity contribution >= 4 is 74.2 Å². The molecule has 0 bridgehead atoms. The van der Waals surface area contributed by atoms with Crippen LogP contribution in [-0.4, -0.2) is 154 Å². The highest BCUT2D eigenvalue weighted by Crippen LogP contribution is 2.27. The van der Waals surface area contributed by atoms with Gasteiger partial charge in [0, 0.05) is 86.6 Å². The van der Waals surface area contributed by atoms with E-state index in [0.29, 0.717) is 62.9 Å². The second-order valence-corrected chi connectivity index (χ2v) is 21.2. The van der Waals surface area contributed by atoms with Crippen molar-refractivity contribution in [2.24, 2.45) is 0 Å². The van der Waals surface area contributed by atoms with E-state index in [1.807, 2.05) is 69.3 Å². The van der Waals surface area contributed by atoms with Crippen molar-refractivity contribution in [2.75, 3.05) is 78.0 Å². The molecule has 324 valence electrons. The number of likely N-dealkylation sites (tertiary alicyclic amines) is 1. The lowest BCUT2D eigenvalue weighted by atomic mass is 9.96. The number of hydrogen-bond acceptors (Lipinski definition) is 9. The minimum Gasteiger partial charge on any atom is -0.444 e. The molecular weight excluding hydrogens is 854 g/mol. The van der Waals surface area contributed by atoms with Gasteiger partial charge in [0.05, 0.1) is 12.5 Å². The summed E-state index contributed by atoms with van der Waals surface area (Å²) in [5.41, 5.74) is 1.85. The summed E-state index contributed by atoms with van der Waals surface area (Å²) >= 11 is 12.0. The largest absolute Gasteiger partial charge is 0.444 e. The first-order chi connectivity index (χ1) is 25.9.